The van der Waals surface area contributed by atoms with Crippen LogP contribution in [0.4, 0.5) is 11.4 Å². The van der Waals surface area contributed by atoms with Crippen LogP contribution in [-0.4, -0.2) is 18.6 Å². The van der Waals surface area contributed by atoms with Gasteiger partial charge in [-0.3, -0.25) is 0 Å². The first-order chi connectivity index (χ1) is 5.83. The van der Waals surface area contributed by atoms with Crippen molar-refractivity contribution in [3.8, 4) is 0 Å². The summed E-state index contributed by atoms with van der Waals surface area (Å²) >= 11 is 1.84. The van der Waals surface area contributed by atoms with Gasteiger partial charge < -0.3 is 11.1 Å². The van der Waals surface area contributed by atoms with Crippen LogP contribution in [0, 0.1) is 0 Å². The van der Waals surface area contributed by atoms with Gasteiger partial charge in [-0.25, -0.2) is 0 Å². The second-order valence-electron chi connectivity index (χ2n) is 2.54. The zero-order valence-corrected chi connectivity index (χ0v) is 10.5. The maximum atomic E-state index is 5.55. The van der Waals surface area contributed by atoms with Crippen molar-refractivity contribution < 1.29 is 0 Å². The summed E-state index contributed by atoms with van der Waals surface area (Å²) < 4.78 is 0. The molecule has 0 aliphatic heterocycles. The van der Waals surface area contributed by atoms with Crippen LogP contribution in [0.2, 0.25) is 0 Å². The topological polar surface area (TPSA) is 38.0 Å². The number of rotatable bonds is 4. The second-order valence-corrected chi connectivity index (χ2v) is 3.53. The third-order valence-electron chi connectivity index (χ3n) is 1.55. The third kappa shape index (κ3) is 6.24. The van der Waals surface area contributed by atoms with Crippen molar-refractivity contribution in [3.05, 3.63) is 24.3 Å². The quantitative estimate of drug-likeness (QED) is 0.641. The minimum absolute atomic E-state index is 0. The highest BCUT2D eigenvalue weighted by Crippen LogP contribution is 2.10. The molecule has 0 heterocycles. The molecule has 0 amide bonds. The number of hydrogen-bond acceptors (Lipinski definition) is 3. The molecule has 0 saturated heterocycles. The maximum Gasteiger partial charge on any atom is 0.0341 e. The molecule has 82 valence electrons. The Labute approximate surface area is 102 Å². The van der Waals surface area contributed by atoms with E-state index in [2.05, 4.69) is 11.6 Å². The summed E-state index contributed by atoms with van der Waals surface area (Å²) in [6.07, 6.45) is 2.10. The predicted octanol–water partition coefficient (Wildman–Crippen LogP) is 2.89. The van der Waals surface area contributed by atoms with Gasteiger partial charge in [0.1, 0.15) is 0 Å². The number of hydrogen-bond donors (Lipinski definition) is 2. The molecule has 1 rings (SSSR count). The minimum Gasteiger partial charge on any atom is -0.399 e. The van der Waals surface area contributed by atoms with Gasteiger partial charge >= 0.3 is 0 Å². The van der Waals surface area contributed by atoms with Crippen LogP contribution in [0.1, 0.15) is 0 Å². The number of anilines is 2. The van der Waals surface area contributed by atoms with E-state index >= 15 is 0 Å². The lowest BCUT2D eigenvalue weighted by atomic mass is 10.3. The van der Waals surface area contributed by atoms with Gasteiger partial charge in [-0.15, -0.1) is 24.8 Å². The Balaban J connectivity index is 0. The molecular weight excluding hydrogens is 239 g/mol. The van der Waals surface area contributed by atoms with Crippen LogP contribution >= 0.6 is 36.6 Å². The molecule has 1 aromatic rings. The van der Waals surface area contributed by atoms with Crippen molar-refractivity contribution in [2.24, 2.45) is 0 Å². The van der Waals surface area contributed by atoms with Crippen molar-refractivity contribution in [2.75, 3.05) is 29.6 Å². The van der Waals surface area contributed by atoms with Crippen LogP contribution in [0.25, 0.3) is 0 Å². The van der Waals surface area contributed by atoms with Crippen molar-refractivity contribution in [1.82, 2.24) is 0 Å². The van der Waals surface area contributed by atoms with Crippen molar-refractivity contribution >= 4 is 48.0 Å². The van der Waals surface area contributed by atoms with E-state index in [4.69, 9.17) is 5.73 Å². The lowest BCUT2D eigenvalue weighted by molar-refractivity contribution is 1.23. The first-order valence-corrected chi connectivity index (χ1v) is 5.30. The summed E-state index contributed by atoms with van der Waals surface area (Å²) in [5, 5.41) is 3.30. The second kappa shape index (κ2) is 9.31. The Morgan fingerprint density at radius 2 is 1.79 bits per heavy atom. The molecule has 1 aromatic carbocycles. The van der Waals surface area contributed by atoms with E-state index in [-0.39, 0.29) is 24.8 Å². The van der Waals surface area contributed by atoms with Gasteiger partial charge in [0.05, 0.1) is 0 Å². The summed E-state index contributed by atoms with van der Waals surface area (Å²) in [4.78, 5) is 0. The zero-order valence-electron chi connectivity index (χ0n) is 8.03. The molecule has 0 aliphatic carbocycles. The van der Waals surface area contributed by atoms with E-state index in [9.17, 15) is 0 Å². The summed E-state index contributed by atoms with van der Waals surface area (Å²) in [6, 6.07) is 7.80. The van der Waals surface area contributed by atoms with Crippen molar-refractivity contribution in [1.29, 1.82) is 0 Å². The number of nitrogen functional groups attached to an aromatic ring is 1. The Hall–Kier alpha value is -0.250. The van der Waals surface area contributed by atoms with Crippen LogP contribution in [0.3, 0.4) is 0 Å². The highest BCUT2D eigenvalue weighted by Gasteiger charge is 1.89. The fourth-order valence-corrected chi connectivity index (χ4v) is 1.20. The van der Waals surface area contributed by atoms with Gasteiger partial charge in [-0.1, -0.05) is 0 Å². The normalized spacial score (nSPS) is 8.36. The van der Waals surface area contributed by atoms with Gasteiger partial charge in [0.2, 0.25) is 0 Å². The van der Waals surface area contributed by atoms with Crippen LogP contribution in [0.5, 0.6) is 0 Å². The third-order valence-corrected chi connectivity index (χ3v) is 2.16. The van der Waals surface area contributed by atoms with Crippen LogP contribution in [-0.2, 0) is 0 Å². The Bertz CT molecular complexity index is 229. The van der Waals surface area contributed by atoms with E-state index in [0.717, 1.165) is 23.7 Å². The van der Waals surface area contributed by atoms with E-state index in [0.29, 0.717) is 0 Å². The monoisotopic (exact) mass is 254 g/mol. The Kier molecular flexibility index (Phi) is 10.8. The van der Waals surface area contributed by atoms with E-state index < -0.39 is 0 Å². The Morgan fingerprint density at radius 1 is 1.21 bits per heavy atom. The molecule has 5 heteroatoms. The number of thioether (sulfide) groups is 1. The number of halogens is 2. The highest BCUT2D eigenvalue weighted by atomic mass is 35.5. The van der Waals surface area contributed by atoms with Gasteiger partial charge in [0.25, 0.3) is 0 Å². The zero-order chi connectivity index (χ0) is 8.81. The van der Waals surface area contributed by atoms with E-state index in [1.54, 1.807) is 0 Å². The molecule has 0 aliphatic rings. The Morgan fingerprint density at radius 3 is 2.29 bits per heavy atom. The predicted molar refractivity (Wildman–Crippen MR) is 72.2 cm³/mol. The summed E-state index contributed by atoms with van der Waals surface area (Å²) in [7, 11) is 0. The fraction of sp³-hybridized carbons (Fsp3) is 0.333. The summed E-state index contributed by atoms with van der Waals surface area (Å²) in [5.41, 5.74) is 7.50. The van der Waals surface area contributed by atoms with Crippen molar-refractivity contribution in [2.45, 2.75) is 0 Å². The fourth-order valence-electron chi connectivity index (χ4n) is 0.898. The highest BCUT2D eigenvalue weighted by molar-refractivity contribution is 7.98. The van der Waals surface area contributed by atoms with E-state index in [1.165, 1.54) is 0 Å². The molecule has 0 spiro atoms. The first-order valence-electron chi connectivity index (χ1n) is 3.91. The molecule has 0 unspecified atom stereocenters. The lowest BCUT2D eigenvalue weighted by Gasteiger charge is -2.04. The number of nitrogens with two attached hydrogens (primary N) is 1. The minimum atomic E-state index is 0. The van der Waals surface area contributed by atoms with Crippen LogP contribution < -0.4 is 11.1 Å². The molecule has 0 atom stereocenters. The lowest BCUT2D eigenvalue weighted by Crippen LogP contribution is -2.03. The molecular formula is C9H16Cl2N2S. The van der Waals surface area contributed by atoms with Crippen LogP contribution in [0.15, 0.2) is 24.3 Å². The smallest absolute Gasteiger partial charge is 0.0341 e. The molecule has 0 bridgehead atoms. The molecule has 3 N–H and O–H groups in total. The van der Waals surface area contributed by atoms with Gasteiger partial charge in [0.15, 0.2) is 0 Å². The van der Waals surface area contributed by atoms with E-state index in [1.807, 2.05) is 36.0 Å². The standard InChI is InChI=1S/C9H14N2S.2ClH/c1-12-7-6-11-9-4-2-8(10)3-5-9;;/h2-5,11H,6-7,10H2,1H3;2*1H. The molecule has 0 aromatic heterocycles. The average Bonchev–Trinajstić information content (AvgIpc) is 2.09. The summed E-state index contributed by atoms with van der Waals surface area (Å²) in [6.45, 7) is 1.01. The molecule has 0 saturated carbocycles. The number of benzene rings is 1. The maximum absolute atomic E-state index is 5.55. The molecule has 0 radical (unpaired) electrons. The molecule has 14 heavy (non-hydrogen) atoms. The summed E-state index contributed by atoms with van der Waals surface area (Å²) in [5.74, 6) is 1.13. The van der Waals surface area contributed by atoms with Gasteiger partial charge in [-0.05, 0) is 30.5 Å². The van der Waals surface area contributed by atoms with Gasteiger partial charge in [0, 0.05) is 23.7 Å². The van der Waals surface area contributed by atoms with Gasteiger partial charge in [-0.2, -0.15) is 11.8 Å². The molecule has 2 nitrogen and oxygen atoms in total. The number of nitrogens with one attached hydrogen (secondary N) is 1. The largest absolute Gasteiger partial charge is 0.399 e. The molecule has 0 fully saturated rings. The first kappa shape index (κ1) is 16.2. The van der Waals surface area contributed by atoms with Crippen molar-refractivity contribution in [3.63, 3.8) is 0 Å². The average molecular weight is 255 g/mol. The SMILES string of the molecule is CSCCNc1ccc(N)cc1.Cl.Cl.